The van der Waals surface area contributed by atoms with Gasteiger partial charge in [-0.25, -0.2) is 9.78 Å². The lowest BCUT2D eigenvalue weighted by Crippen LogP contribution is -2.26. The van der Waals surface area contributed by atoms with Crippen LogP contribution < -0.4 is 25.3 Å². The van der Waals surface area contributed by atoms with Gasteiger partial charge in [0.2, 0.25) is 11.8 Å². The van der Waals surface area contributed by atoms with Crippen molar-refractivity contribution in [3.05, 3.63) is 73.8 Å². The highest BCUT2D eigenvalue weighted by molar-refractivity contribution is 5.28. The minimum atomic E-state index is -0.158. The number of hydrogen-bond donors (Lipinski definition) is 1. The Labute approximate surface area is 178 Å². The van der Waals surface area contributed by atoms with Gasteiger partial charge in [0.05, 0.1) is 26.9 Å². The molecule has 9 nitrogen and oxygen atoms in total. The molecule has 2 aromatic heterocycles. The van der Waals surface area contributed by atoms with Crippen LogP contribution in [-0.4, -0.2) is 40.3 Å². The molecule has 0 radical (unpaired) electrons. The molecule has 0 aliphatic carbocycles. The smallest absolute Gasteiger partial charge is 0.267 e. The second kappa shape index (κ2) is 9.46. The number of ether oxygens (including phenoxy) is 3. The van der Waals surface area contributed by atoms with E-state index >= 15 is 0 Å². The molecule has 0 bridgehead atoms. The Morgan fingerprint density at radius 1 is 1.00 bits per heavy atom. The topological polar surface area (TPSA) is 108 Å². The van der Waals surface area contributed by atoms with Gasteiger partial charge < -0.3 is 14.2 Å². The lowest BCUT2D eigenvalue weighted by Gasteiger charge is -2.16. The molecule has 0 atom stereocenters. The average molecular weight is 424 g/mol. The zero-order valence-electron chi connectivity index (χ0n) is 17.3. The van der Waals surface area contributed by atoms with Crippen molar-refractivity contribution in [1.82, 2.24) is 20.0 Å². The van der Waals surface area contributed by atoms with Gasteiger partial charge in [0.15, 0.2) is 0 Å². The van der Waals surface area contributed by atoms with E-state index in [1.165, 1.54) is 4.68 Å². The SMILES string of the molecule is COc1ccc(Cn2nc3c(cc2=O)CCCO3)cc1.O=c1cc2c(n[nH]1)OCCC2. The first kappa shape index (κ1) is 20.6. The molecule has 0 saturated carbocycles. The summed E-state index contributed by atoms with van der Waals surface area (Å²) in [6.07, 6.45) is 3.67. The number of H-pyrrole nitrogens is 1. The van der Waals surface area contributed by atoms with Crippen molar-refractivity contribution in [2.45, 2.75) is 32.2 Å². The van der Waals surface area contributed by atoms with Gasteiger partial charge in [-0.2, -0.15) is 0 Å². The molecule has 0 amide bonds. The maximum Gasteiger partial charge on any atom is 0.267 e. The third-order valence-electron chi connectivity index (χ3n) is 5.04. The van der Waals surface area contributed by atoms with Gasteiger partial charge in [-0.15, -0.1) is 10.2 Å². The second-order valence-electron chi connectivity index (χ2n) is 7.29. The number of methoxy groups -OCH3 is 1. The summed E-state index contributed by atoms with van der Waals surface area (Å²) < 4.78 is 17.2. The standard InChI is InChI=1S/C15H16N2O3.C7H8N2O2/c1-19-13-6-4-11(5-7-13)10-17-14(18)9-12-3-2-8-20-15(12)16-17;10-6-4-5-2-1-3-11-7(5)9-8-6/h4-7,9H,2-3,8,10H2,1H3;4H,1-3H2,(H,8,10). The Hall–Kier alpha value is -3.62. The summed E-state index contributed by atoms with van der Waals surface area (Å²) in [5, 5.41) is 10.4. The third kappa shape index (κ3) is 5.11. The van der Waals surface area contributed by atoms with Gasteiger partial charge in [-0.05, 0) is 43.4 Å². The van der Waals surface area contributed by atoms with E-state index in [1.807, 2.05) is 24.3 Å². The van der Waals surface area contributed by atoms with Gasteiger partial charge in [-0.3, -0.25) is 9.59 Å². The minimum absolute atomic E-state index is 0.0925. The summed E-state index contributed by atoms with van der Waals surface area (Å²) in [6.45, 7) is 1.80. The van der Waals surface area contributed by atoms with Crippen LogP contribution in [0.2, 0.25) is 0 Å². The summed E-state index contributed by atoms with van der Waals surface area (Å²) in [6, 6.07) is 10.8. The Morgan fingerprint density at radius 3 is 2.39 bits per heavy atom. The highest BCUT2D eigenvalue weighted by Crippen LogP contribution is 2.20. The van der Waals surface area contributed by atoms with Crippen molar-refractivity contribution in [3.63, 3.8) is 0 Å². The number of nitrogens with one attached hydrogen (secondary N) is 1. The highest BCUT2D eigenvalue weighted by Gasteiger charge is 2.14. The fraction of sp³-hybridized carbons (Fsp3) is 0.364. The van der Waals surface area contributed by atoms with E-state index in [2.05, 4.69) is 15.3 Å². The molecule has 0 spiro atoms. The average Bonchev–Trinajstić information content (AvgIpc) is 2.80. The van der Waals surface area contributed by atoms with Gasteiger partial charge in [0, 0.05) is 23.3 Å². The highest BCUT2D eigenvalue weighted by atomic mass is 16.5. The number of rotatable bonds is 3. The van der Waals surface area contributed by atoms with Gasteiger partial charge in [0.1, 0.15) is 5.75 Å². The molecule has 1 N–H and O–H groups in total. The predicted octanol–water partition coefficient (Wildman–Crippen LogP) is 1.72. The van der Waals surface area contributed by atoms with Crippen LogP contribution in [-0.2, 0) is 19.4 Å². The van der Waals surface area contributed by atoms with Crippen LogP contribution in [0, 0.1) is 0 Å². The molecule has 5 rings (SSSR count). The Morgan fingerprint density at radius 2 is 1.68 bits per heavy atom. The lowest BCUT2D eigenvalue weighted by atomic mass is 10.1. The van der Waals surface area contributed by atoms with Gasteiger partial charge in [-0.1, -0.05) is 12.1 Å². The lowest BCUT2D eigenvalue weighted by molar-refractivity contribution is 0.266. The summed E-state index contributed by atoms with van der Waals surface area (Å²) >= 11 is 0. The molecule has 0 unspecified atom stereocenters. The van der Waals surface area contributed by atoms with E-state index in [9.17, 15) is 9.59 Å². The summed E-state index contributed by atoms with van der Waals surface area (Å²) in [5.41, 5.74) is 2.57. The number of fused-ring (bicyclic) bond motifs is 2. The van der Waals surface area contributed by atoms with Crippen molar-refractivity contribution in [2.24, 2.45) is 0 Å². The van der Waals surface area contributed by atoms with Gasteiger partial charge in [0.25, 0.3) is 11.1 Å². The number of nitrogens with zero attached hydrogens (tertiary/aromatic N) is 3. The number of aromatic nitrogens is 4. The molecule has 0 fully saturated rings. The van der Waals surface area contributed by atoms with Crippen molar-refractivity contribution >= 4 is 0 Å². The Bertz CT molecular complexity index is 1150. The van der Waals surface area contributed by atoms with Crippen LogP contribution in [0.3, 0.4) is 0 Å². The number of aromatic amines is 1. The zero-order chi connectivity index (χ0) is 21.6. The summed E-state index contributed by atoms with van der Waals surface area (Å²) in [7, 11) is 1.63. The molecule has 1 aromatic carbocycles. The first-order valence-corrected chi connectivity index (χ1v) is 10.2. The van der Waals surface area contributed by atoms with Gasteiger partial charge >= 0.3 is 0 Å². The van der Waals surface area contributed by atoms with Crippen LogP contribution in [0.25, 0.3) is 0 Å². The van der Waals surface area contributed by atoms with Crippen molar-refractivity contribution in [2.75, 3.05) is 20.3 Å². The Balaban J connectivity index is 0.000000177. The Kier molecular flexibility index (Phi) is 6.30. The third-order valence-corrected chi connectivity index (χ3v) is 5.04. The van der Waals surface area contributed by atoms with Crippen LogP contribution in [0.5, 0.6) is 17.5 Å². The van der Waals surface area contributed by atoms with E-state index in [4.69, 9.17) is 14.2 Å². The number of aryl methyl sites for hydroxylation is 2. The van der Waals surface area contributed by atoms with Crippen molar-refractivity contribution in [3.8, 4) is 17.5 Å². The first-order valence-electron chi connectivity index (χ1n) is 10.2. The summed E-state index contributed by atoms with van der Waals surface area (Å²) in [5.74, 6) is 1.96. The number of hydrogen-bond acceptors (Lipinski definition) is 7. The fourth-order valence-corrected chi connectivity index (χ4v) is 3.42. The first-order chi connectivity index (χ1) is 15.1. The molecule has 4 heterocycles. The van der Waals surface area contributed by atoms with E-state index in [0.29, 0.717) is 31.5 Å². The number of benzene rings is 1. The normalized spacial score (nSPS) is 14.1. The van der Waals surface area contributed by atoms with E-state index in [-0.39, 0.29) is 11.1 Å². The van der Waals surface area contributed by atoms with Crippen LogP contribution >= 0.6 is 0 Å². The summed E-state index contributed by atoms with van der Waals surface area (Å²) in [4.78, 5) is 22.8. The molecule has 3 aromatic rings. The van der Waals surface area contributed by atoms with Crippen LogP contribution in [0.4, 0.5) is 0 Å². The minimum Gasteiger partial charge on any atom is -0.497 e. The van der Waals surface area contributed by atoms with E-state index in [1.54, 1.807) is 19.2 Å². The fourth-order valence-electron chi connectivity index (χ4n) is 3.42. The molecule has 2 aliphatic heterocycles. The molecule has 31 heavy (non-hydrogen) atoms. The monoisotopic (exact) mass is 424 g/mol. The van der Waals surface area contributed by atoms with Crippen LogP contribution in [0.1, 0.15) is 29.5 Å². The molecule has 162 valence electrons. The zero-order valence-corrected chi connectivity index (χ0v) is 17.3. The van der Waals surface area contributed by atoms with Crippen LogP contribution in [0.15, 0.2) is 46.0 Å². The van der Waals surface area contributed by atoms with E-state index in [0.717, 1.165) is 48.1 Å². The molecule has 2 aliphatic rings. The van der Waals surface area contributed by atoms with Crippen molar-refractivity contribution in [1.29, 1.82) is 0 Å². The second-order valence-corrected chi connectivity index (χ2v) is 7.29. The molecule has 0 saturated heterocycles. The maximum absolute atomic E-state index is 12.0. The molecular formula is C22H24N4O5. The predicted molar refractivity (Wildman–Crippen MR) is 113 cm³/mol. The molecule has 9 heteroatoms. The molecular weight excluding hydrogens is 400 g/mol. The maximum atomic E-state index is 12.0. The van der Waals surface area contributed by atoms with E-state index < -0.39 is 0 Å². The van der Waals surface area contributed by atoms with Crippen molar-refractivity contribution < 1.29 is 14.2 Å². The quantitative estimate of drug-likeness (QED) is 0.682. The largest absolute Gasteiger partial charge is 0.497 e.